The van der Waals surface area contributed by atoms with Gasteiger partial charge in [0.05, 0.1) is 7.11 Å². The summed E-state index contributed by atoms with van der Waals surface area (Å²) >= 11 is 6.04. The fourth-order valence-corrected chi connectivity index (χ4v) is 4.38. The Kier molecular flexibility index (Phi) is 7.75. The summed E-state index contributed by atoms with van der Waals surface area (Å²) in [6.07, 6.45) is 2.23. The van der Waals surface area contributed by atoms with Crippen molar-refractivity contribution in [2.24, 2.45) is 0 Å². The highest BCUT2D eigenvalue weighted by molar-refractivity contribution is 6.30. The van der Waals surface area contributed by atoms with Crippen molar-refractivity contribution in [1.82, 2.24) is 10.3 Å². The van der Waals surface area contributed by atoms with Crippen LogP contribution in [0.5, 0.6) is 5.75 Å². The predicted octanol–water partition coefficient (Wildman–Crippen LogP) is 6.42. The van der Waals surface area contributed by atoms with Gasteiger partial charge in [-0.25, -0.2) is 4.98 Å². The number of ether oxygens (including phenoxy) is 1. The van der Waals surface area contributed by atoms with E-state index in [2.05, 4.69) is 48.4 Å². The van der Waals surface area contributed by atoms with Crippen molar-refractivity contribution in [2.45, 2.75) is 45.2 Å². The van der Waals surface area contributed by atoms with Gasteiger partial charge in [-0.15, -0.1) is 12.4 Å². The second kappa shape index (κ2) is 10.2. The fraction of sp³-hybridized carbons (Fsp3) is 0.400. The van der Waals surface area contributed by atoms with Gasteiger partial charge in [0.25, 0.3) is 0 Å². The summed E-state index contributed by atoms with van der Waals surface area (Å²) in [6.45, 7) is 8.71. The average Bonchev–Trinajstić information content (AvgIpc) is 2.74. The molecule has 3 aromatic rings. The minimum atomic E-state index is 0. The lowest BCUT2D eigenvalue weighted by Gasteiger charge is -2.37. The second-order valence-corrected chi connectivity index (χ2v) is 9.61. The molecule has 0 amide bonds. The number of fused-ring (bicyclic) bond motifs is 1. The number of piperidine rings is 1. The zero-order chi connectivity index (χ0) is 22.0. The van der Waals surface area contributed by atoms with Crippen LogP contribution in [0.1, 0.15) is 33.6 Å². The quantitative estimate of drug-likeness (QED) is 0.446. The van der Waals surface area contributed by atoms with Crippen LogP contribution >= 0.6 is 24.0 Å². The Hall–Kier alpha value is -2.21. The van der Waals surface area contributed by atoms with Crippen LogP contribution in [0.3, 0.4) is 0 Å². The van der Waals surface area contributed by atoms with Gasteiger partial charge in [0.15, 0.2) is 0 Å². The zero-order valence-corrected chi connectivity index (χ0v) is 20.7. The minimum Gasteiger partial charge on any atom is -0.494 e. The van der Waals surface area contributed by atoms with Crippen molar-refractivity contribution in [3.8, 4) is 5.75 Å². The molecule has 0 atom stereocenters. The van der Waals surface area contributed by atoms with Gasteiger partial charge in [-0.1, -0.05) is 23.7 Å². The van der Waals surface area contributed by atoms with E-state index in [0.717, 1.165) is 54.1 Å². The first-order chi connectivity index (χ1) is 14.8. The number of pyridine rings is 1. The molecule has 1 saturated heterocycles. The van der Waals surface area contributed by atoms with Crippen LogP contribution in [0, 0.1) is 0 Å². The van der Waals surface area contributed by atoms with Crippen molar-refractivity contribution in [2.75, 3.05) is 30.4 Å². The normalized spacial score (nSPS) is 14.8. The number of nitrogens with zero attached hydrogens (tertiary/aromatic N) is 2. The number of benzene rings is 2. The molecule has 0 radical (unpaired) electrons. The molecular formula is C25H32Cl2N4O. The molecule has 5 nitrogen and oxygen atoms in total. The number of hydrogen-bond donors (Lipinski definition) is 2. The number of rotatable bonds is 5. The van der Waals surface area contributed by atoms with Crippen molar-refractivity contribution in [3.63, 3.8) is 0 Å². The first-order valence-electron chi connectivity index (χ1n) is 10.9. The van der Waals surface area contributed by atoms with E-state index in [1.54, 1.807) is 7.11 Å². The molecule has 0 spiro atoms. The third kappa shape index (κ3) is 5.77. The monoisotopic (exact) mass is 474 g/mol. The van der Waals surface area contributed by atoms with E-state index < -0.39 is 0 Å². The van der Waals surface area contributed by atoms with Gasteiger partial charge < -0.3 is 20.3 Å². The Morgan fingerprint density at radius 1 is 1.06 bits per heavy atom. The summed E-state index contributed by atoms with van der Waals surface area (Å²) in [5.74, 6) is 1.58. The molecular weight excluding hydrogens is 443 g/mol. The zero-order valence-electron chi connectivity index (χ0n) is 19.1. The molecule has 0 aliphatic carbocycles. The number of halogens is 2. The largest absolute Gasteiger partial charge is 0.494 e. The van der Waals surface area contributed by atoms with Crippen LogP contribution in [0.25, 0.3) is 10.9 Å². The van der Waals surface area contributed by atoms with E-state index in [1.807, 2.05) is 36.4 Å². The van der Waals surface area contributed by atoms with Gasteiger partial charge in [0.2, 0.25) is 0 Å². The Balaban J connectivity index is 0.00000289. The highest BCUT2D eigenvalue weighted by Crippen LogP contribution is 2.36. The Bertz CT molecular complexity index is 1040. The van der Waals surface area contributed by atoms with Crippen LogP contribution in [-0.4, -0.2) is 36.8 Å². The summed E-state index contributed by atoms with van der Waals surface area (Å²) in [5, 5.41) is 9.01. The van der Waals surface area contributed by atoms with E-state index >= 15 is 0 Å². The van der Waals surface area contributed by atoms with Crippen LogP contribution < -0.4 is 20.3 Å². The molecule has 1 aliphatic heterocycles. The molecule has 0 bridgehead atoms. The number of hydrogen-bond acceptors (Lipinski definition) is 5. The molecule has 2 N–H and O–H groups in total. The molecule has 32 heavy (non-hydrogen) atoms. The Morgan fingerprint density at radius 2 is 1.75 bits per heavy atom. The summed E-state index contributed by atoms with van der Waals surface area (Å²) in [5.41, 5.74) is 3.15. The maximum atomic E-state index is 6.04. The third-order valence-electron chi connectivity index (χ3n) is 5.59. The van der Waals surface area contributed by atoms with E-state index in [9.17, 15) is 0 Å². The van der Waals surface area contributed by atoms with Crippen LogP contribution in [-0.2, 0) is 0 Å². The summed E-state index contributed by atoms with van der Waals surface area (Å²) in [4.78, 5) is 7.34. The topological polar surface area (TPSA) is 49.4 Å². The van der Waals surface area contributed by atoms with E-state index in [1.165, 1.54) is 5.69 Å². The van der Waals surface area contributed by atoms with Crippen molar-refractivity contribution in [1.29, 1.82) is 0 Å². The lowest BCUT2D eigenvalue weighted by Crippen LogP contribution is -2.49. The first-order valence-corrected chi connectivity index (χ1v) is 11.2. The highest BCUT2D eigenvalue weighted by atomic mass is 35.5. The average molecular weight is 475 g/mol. The summed E-state index contributed by atoms with van der Waals surface area (Å²) < 4.78 is 5.63. The molecule has 1 aromatic heterocycles. The van der Waals surface area contributed by atoms with Crippen LogP contribution in [0.2, 0.25) is 5.02 Å². The minimum absolute atomic E-state index is 0. The van der Waals surface area contributed by atoms with Crippen LogP contribution in [0.15, 0.2) is 48.5 Å². The number of para-hydroxylation sites is 1. The van der Waals surface area contributed by atoms with Gasteiger partial charge in [-0.3, -0.25) is 0 Å². The molecule has 172 valence electrons. The number of anilines is 3. The van der Waals surface area contributed by atoms with E-state index in [4.69, 9.17) is 21.3 Å². The second-order valence-electron chi connectivity index (χ2n) is 9.17. The number of methoxy groups -OCH3 is 1. The highest BCUT2D eigenvalue weighted by Gasteiger charge is 2.24. The molecule has 1 fully saturated rings. The van der Waals surface area contributed by atoms with Gasteiger partial charge in [0.1, 0.15) is 17.1 Å². The van der Waals surface area contributed by atoms with Crippen molar-refractivity contribution >= 4 is 52.1 Å². The lowest BCUT2D eigenvalue weighted by atomic mass is 9.99. The maximum Gasteiger partial charge on any atom is 0.145 e. The molecule has 2 heterocycles. The Morgan fingerprint density at radius 3 is 2.38 bits per heavy atom. The molecule has 0 unspecified atom stereocenters. The van der Waals surface area contributed by atoms with E-state index in [0.29, 0.717) is 11.1 Å². The van der Waals surface area contributed by atoms with E-state index in [-0.39, 0.29) is 17.9 Å². The van der Waals surface area contributed by atoms with Gasteiger partial charge in [-0.2, -0.15) is 0 Å². The number of aromatic nitrogens is 1. The molecule has 2 aromatic carbocycles. The smallest absolute Gasteiger partial charge is 0.145 e. The lowest BCUT2D eigenvalue weighted by molar-refractivity contribution is 0.317. The molecule has 7 heteroatoms. The number of nitrogens with one attached hydrogen (secondary N) is 2. The summed E-state index contributed by atoms with van der Waals surface area (Å²) in [6, 6.07) is 16.5. The molecule has 1 aliphatic rings. The standard InChI is InChI=1S/C25H31ClN4O.ClH/c1-25(2,3)29-19-12-14-30(15-13-19)21-16-23(27-18-10-8-17(26)9-11-18)28-24-20(21)6-5-7-22(24)31-4;/h5-11,16,19,29H,12-15H2,1-4H3,(H,27,28);1H. The van der Waals surface area contributed by atoms with Crippen molar-refractivity contribution in [3.05, 3.63) is 53.6 Å². The first kappa shape index (κ1) is 24.4. The molecule has 4 rings (SSSR count). The summed E-state index contributed by atoms with van der Waals surface area (Å²) in [7, 11) is 1.69. The molecule has 0 saturated carbocycles. The van der Waals surface area contributed by atoms with Crippen LogP contribution in [0.4, 0.5) is 17.2 Å². The maximum absolute atomic E-state index is 6.04. The SMILES string of the molecule is COc1cccc2c(N3CCC(NC(C)(C)C)CC3)cc(Nc3ccc(Cl)cc3)nc12.Cl. The van der Waals surface area contributed by atoms with Gasteiger partial charge in [0, 0.05) is 52.5 Å². The fourth-order valence-electron chi connectivity index (χ4n) is 4.25. The third-order valence-corrected chi connectivity index (χ3v) is 5.84. The van der Waals surface area contributed by atoms with Gasteiger partial charge in [-0.05, 0) is 63.9 Å². The Labute approximate surface area is 201 Å². The van der Waals surface area contributed by atoms with Gasteiger partial charge >= 0.3 is 0 Å². The van der Waals surface area contributed by atoms with Crippen molar-refractivity contribution < 1.29 is 4.74 Å². The predicted molar refractivity (Wildman–Crippen MR) is 138 cm³/mol.